The molecule has 0 aliphatic carbocycles. The Labute approximate surface area is 132 Å². The van der Waals surface area contributed by atoms with Crippen LogP contribution in [0, 0.1) is 13.8 Å². The van der Waals surface area contributed by atoms with Crippen LogP contribution in [-0.2, 0) is 4.79 Å². The molecular weight excluding hydrogens is 300 g/mol. The van der Waals surface area contributed by atoms with E-state index >= 15 is 0 Å². The maximum Gasteiger partial charge on any atom is 0.305 e. The van der Waals surface area contributed by atoms with E-state index in [0.29, 0.717) is 5.56 Å². The monoisotopic (exact) mass is 316 g/mol. The lowest BCUT2D eigenvalue weighted by Gasteiger charge is -2.33. The number of hydrogen-bond acceptors (Lipinski definition) is 4. The van der Waals surface area contributed by atoms with Gasteiger partial charge in [0, 0.05) is 5.56 Å². The summed E-state index contributed by atoms with van der Waals surface area (Å²) in [4.78, 5) is 11.3. The Morgan fingerprint density at radius 3 is 2.77 bits per heavy atom. The predicted molar refractivity (Wildman–Crippen MR) is 86.9 cm³/mol. The molecular formula is C16H16N2O3S. The average molecular weight is 316 g/mol. The van der Waals surface area contributed by atoms with Crippen LogP contribution in [0.4, 0.5) is 5.00 Å². The van der Waals surface area contributed by atoms with E-state index in [1.807, 2.05) is 37.4 Å². The van der Waals surface area contributed by atoms with Gasteiger partial charge in [0.15, 0.2) is 0 Å². The number of carbonyl (C=O) groups is 1. The van der Waals surface area contributed by atoms with Crippen LogP contribution in [0.1, 0.15) is 34.7 Å². The van der Waals surface area contributed by atoms with Crippen molar-refractivity contribution < 1.29 is 15.0 Å². The van der Waals surface area contributed by atoms with Crippen LogP contribution in [0.15, 0.2) is 34.7 Å². The molecule has 1 unspecified atom stereocenters. The van der Waals surface area contributed by atoms with Crippen molar-refractivity contribution in [1.82, 2.24) is 0 Å². The number of aliphatic carboxylic acids is 1. The minimum Gasteiger partial charge on any atom is -0.492 e. The van der Waals surface area contributed by atoms with Gasteiger partial charge in [0.05, 0.1) is 12.5 Å². The van der Waals surface area contributed by atoms with Gasteiger partial charge in [0.1, 0.15) is 5.00 Å². The Balaban J connectivity index is 2.16. The highest BCUT2D eigenvalue weighted by Crippen LogP contribution is 2.40. The highest BCUT2D eigenvalue weighted by Gasteiger charge is 2.32. The van der Waals surface area contributed by atoms with Crippen LogP contribution in [0.5, 0.6) is 0 Å². The molecule has 0 fully saturated rings. The van der Waals surface area contributed by atoms with Gasteiger partial charge in [-0.15, -0.1) is 16.4 Å². The summed E-state index contributed by atoms with van der Waals surface area (Å²) < 4.78 is 0. The number of carboxylic acids is 1. The molecule has 6 heteroatoms. The number of hydrogen-bond donors (Lipinski definition) is 2. The third-order valence-corrected chi connectivity index (χ3v) is 4.72. The third-order valence-electron chi connectivity index (χ3n) is 3.72. The number of carboxylic acid groups (broad SMARTS) is 1. The highest BCUT2D eigenvalue weighted by atomic mass is 32.1. The molecule has 1 aliphatic rings. The zero-order valence-corrected chi connectivity index (χ0v) is 13.1. The van der Waals surface area contributed by atoms with E-state index in [9.17, 15) is 15.0 Å². The van der Waals surface area contributed by atoms with Crippen molar-refractivity contribution in [3.63, 3.8) is 0 Å². The molecule has 0 saturated heterocycles. The summed E-state index contributed by atoms with van der Waals surface area (Å²) in [5, 5.41) is 28.2. The van der Waals surface area contributed by atoms with Crippen LogP contribution >= 0.6 is 11.3 Å². The van der Waals surface area contributed by atoms with Crippen molar-refractivity contribution in [2.75, 3.05) is 5.01 Å². The van der Waals surface area contributed by atoms with E-state index in [1.54, 1.807) is 11.1 Å². The zero-order valence-electron chi connectivity index (χ0n) is 12.3. The first kappa shape index (κ1) is 14.6. The van der Waals surface area contributed by atoms with Crippen LogP contribution in [-0.4, -0.2) is 22.1 Å². The van der Waals surface area contributed by atoms with Crippen molar-refractivity contribution in [3.05, 3.63) is 51.9 Å². The summed E-state index contributed by atoms with van der Waals surface area (Å²) in [5.41, 5.74) is 3.42. The fourth-order valence-electron chi connectivity index (χ4n) is 2.67. The maximum absolute atomic E-state index is 11.3. The van der Waals surface area contributed by atoms with Crippen molar-refractivity contribution in [2.45, 2.75) is 26.3 Å². The number of aliphatic hydroxyl groups excluding tert-OH is 1. The first-order valence-electron chi connectivity index (χ1n) is 6.91. The molecule has 22 heavy (non-hydrogen) atoms. The van der Waals surface area contributed by atoms with Gasteiger partial charge in [-0.1, -0.05) is 17.7 Å². The second-order valence-electron chi connectivity index (χ2n) is 5.38. The summed E-state index contributed by atoms with van der Waals surface area (Å²) in [6, 6.07) is 7.12. The van der Waals surface area contributed by atoms with E-state index in [1.165, 1.54) is 11.3 Å². The van der Waals surface area contributed by atoms with Crippen LogP contribution in [0.3, 0.4) is 0 Å². The van der Waals surface area contributed by atoms with Gasteiger partial charge < -0.3 is 10.2 Å². The number of aryl methyl sites for hydroxylation is 2. The molecule has 1 aromatic carbocycles. The molecule has 2 heterocycles. The molecule has 0 amide bonds. The first-order valence-corrected chi connectivity index (χ1v) is 7.79. The highest BCUT2D eigenvalue weighted by molar-refractivity contribution is 7.14. The molecule has 0 saturated carbocycles. The van der Waals surface area contributed by atoms with E-state index in [4.69, 9.17) is 0 Å². The van der Waals surface area contributed by atoms with E-state index in [2.05, 4.69) is 5.10 Å². The summed E-state index contributed by atoms with van der Waals surface area (Å²) in [7, 11) is 0. The quantitative estimate of drug-likeness (QED) is 0.907. The standard InChI is InChI=1S/C16H16N2O3S/c1-9-3-4-11-12(7-9)13(8-14(19)20)18(17-15(11)21)16-10(2)5-6-22-16/h3-7,13H,8H2,1-2H3,(H,17,21)(H,19,20). The molecule has 0 spiro atoms. The Hall–Kier alpha value is -2.34. The Bertz CT molecular complexity index is 767. The molecule has 114 valence electrons. The minimum absolute atomic E-state index is 0.0788. The van der Waals surface area contributed by atoms with E-state index in [-0.39, 0.29) is 12.3 Å². The lowest BCUT2D eigenvalue weighted by atomic mass is 9.94. The van der Waals surface area contributed by atoms with Crippen LogP contribution in [0.25, 0.3) is 0 Å². The van der Waals surface area contributed by atoms with Gasteiger partial charge in [-0.25, -0.2) is 5.01 Å². The van der Waals surface area contributed by atoms with Crippen molar-refractivity contribution >= 4 is 28.2 Å². The second kappa shape index (κ2) is 5.46. The van der Waals surface area contributed by atoms with Crippen molar-refractivity contribution in [1.29, 1.82) is 0 Å². The van der Waals surface area contributed by atoms with Crippen LogP contribution in [0.2, 0.25) is 0 Å². The minimum atomic E-state index is -0.895. The Kier molecular flexibility index (Phi) is 3.62. The summed E-state index contributed by atoms with van der Waals surface area (Å²) >= 11 is 1.48. The largest absolute Gasteiger partial charge is 0.492 e. The number of rotatable bonds is 3. The Morgan fingerprint density at radius 2 is 2.14 bits per heavy atom. The number of fused-ring (bicyclic) bond motifs is 1. The number of anilines is 1. The summed E-state index contributed by atoms with van der Waals surface area (Å²) in [6.45, 7) is 3.89. The number of aliphatic hydroxyl groups is 1. The lowest BCUT2D eigenvalue weighted by Crippen LogP contribution is -2.32. The predicted octanol–water partition coefficient (Wildman–Crippen LogP) is 3.62. The number of nitrogens with zero attached hydrogens (tertiary/aromatic N) is 2. The van der Waals surface area contributed by atoms with Gasteiger partial charge in [-0.3, -0.25) is 4.79 Å². The molecule has 1 atom stereocenters. The normalized spacial score (nSPS) is 17.1. The molecule has 2 aromatic rings. The first-order chi connectivity index (χ1) is 10.5. The zero-order chi connectivity index (χ0) is 15.9. The van der Waals surface area contributed by atoms with Gasteiger partial charge in [-0.05, 0) is 42.5 Å². The SMILES string of the molecule is Cc1ccc2c(c1)C(CC(=O)O)N(c1sccc1C)N=C2O. The molecule has 1 aliphatic heterocycles. The number of benzene rings is 1. The molecule has 0 radical (unpaired) electrons. The van der Waals surface area contributed by atoms with Crippen molar-refractivity contribution in [2.24, 2.45) is 5.10 Å². The van der Waals surface area contributed by atoms with E-state index < -0.39 is 12.0 Å². The molecule has 0 bridgehead atoms. The number of thiophene rings is 1. The second-order valence-corrected chi connectivity index (χ2v) is 6.28. The van der Waals surface area contributed by atoms with Gasteiger partial charge >= 0.3 is 5.97 Å². The molecule has 5 nitrogen and oxygen atoms in total. The topological polar surface area (TPSA) is 73.1 Å². The van der Waals surface area contributed by atoms with Crippen LogP contribution < -0.4 is 5.01 Å². The van der Waals surface area contributed by atoms with E-state index in [0.717, 1.165) is 21.7 Å². The summed E-state index contributed by atoms with van der Waals surface area (Å²) in [6.07, 6.45) is -0.0788. The van der Waals surface area contributed by atoms with Gasteiger partial charge in [0.2, 0.25) is 5.90 Å². The van der Waals surface area contributed by atoms with Gasteiger partial charge in [-0.2, -0.15) is 0 Å². The molecule has 3 rings (SSSR count). The third kappa shape index (κ3) is 2.46. The fraction of sp³-hybridized carbons (Fsp3) is 0.250. The summed E-state index contributed by atoms with van der Waals surface area (Å²) in [5.74, 6) is -0.974. The lowest BCUT2D eigenvalue weighted by molar-refractivity contribution is -0.137. The molecule has 2 N–H and O–H groups in total. The van der Waals surface area contributed by atoms with Gasteiger partial charge in [0.25, 0.3) is 0 Å². The maximum atomic E-state index is 11.3. The molecule has 1 aromatic heterocycles. The fourth-order valence-corrected chi connectivity index (χ4v) is 3.60. The average Bonchev–Trinajstić information content (AvgIpc) is 2.87. The Morgan fingerprint density at radius 1 is 1.36 bits per heavy atom. The smallest absolute Gasteiger partial charge is 0.305 e. The number of hydrazone groups is 1. The van der Waals surface area contributed by atoms with Crippen molar-refractivity contribution in [3.8, 4) is 0 Å².